The quantitative estimate of drug-likeness (QED) is 0.789. The zero-order valence-electron chi connectivity index (χ0n) is 16.3. The molecule has 0 bridgehead atoms. The van der Waals surface area contributed by atoms with Crippen molar-refractivity contribution >= 4 is 11.8 Å². The maximum absolute atomic E-state index is 5.99. The summed E-state index contributed by atoms with van der Waals surface area (Å²) in [5, 5.41) is 3.57. The number of aromatic nitrogens is 2. The molecule has 0 radical (unpaired) electrons. The molecule has 25 heavy (non-hydrogen) atoms. The molecule has 0 unspecified atom stereocenters. The summed E-state index contributed by atoms with van der Waals surface area (Å²) < 4.78 is 0. The number of nitrogens with two attached hydrogens (primary N) is 1. The minimum absolute atomic E-state index is 0.182. The zero-order chi connectivity index (χ0) is 18.0. The first-order valence-electron chi connectivity index (χ1n) is 9.60. The molecule has 0 aromatic carbocycles. The van der Waals surface area contributed by atoms with E-state index in [9.17, 15) is 0 Å². The number of nitrogens with one attached hydrogen (secondary N) is 1. The number of nitrogens with zero attached hydrogens (tertiary/aromatic N) is 4. The average Bonchev–Trinajstić information content (AvgIpc) is 3.03. The van der Waals surface area contributed by atoms with Crippen LogP contribution in [0.4, 0.5) is 11.8 Å². The first-order chi connectivity index (χ1) is 11.8. The van der Waals surface area contributed by atoms with E-state index in [1.165, 1.54) is 12.8 Å². The van der Waals surface area contributed by atoms with Crippen LogP contribution in [0.15, 0.2) is 6.07 Å². The predicted molar refractivity (Wildman–Crippen MR) is 104 cm³/mol. The molecule has 2 heterocycles. The van der Waals surface area contributed by atoms with E-state index < -0.39 is 0 Å². The van der Waals surface area contributed by atoms with Crippen molar-refractivity contribution in [2.45, 2.75) is 51.5 Å². The normalized spacial score (nSPS) is 23.8. The van der Waals surface area contributed by atoms with Gasteiger partial charge in [0.25, 0.3) is 0 Å². The molecule has 6 nitrogen and oxygen atoms in total. The summed E-state index contributed by atoms with van der Waals surface area (Å²) in [6, 6.07) is 2.48. The Morgan fingerprint density at radius 2 is 1.92 bits per heavy atom. The Hall–Kier alpha value is -1.40. The molecule has 3 rings (SSSR count). The first kappa shape index (κ1) is 18.4. The minimum atomic E-state index is 0.182. The Kier molecular flexibility index (Phi) is 5.49. The van der Waals surface area contributed by atoms with Gasteiger partial charge in [0.15, 0.2) is 0 Å². The Morgan fingerprint density at radius 3 is 2.52 bits per heavy atom. The molecule has 6 heteroatoms. The van der Waals surface area contributed by atoms with Crippen LogP contribution in [0.1, 0.15) is 51.1 Å². The molecule has 3 N–H and O–H groups in total. The Balaban J connectivity index is 1.75. The highest BCUT2D eigenvalue weighted by atomic mass is 15.3. The summed E-state index contributed by atoms with van der Waals surface area (Å²) in [6.45, 7) is 8.64. The second-order valence-electron chi connectivity index (χ2n) is 8.86. The van der Waals surface area contributed by atoms with Crippen molar-refractivity contribution in [1.29, 1.82) is 0 Å². The molecule has 2 aliphatic rings. The highest BCUT2D eigenvalue weighted by Gasteiger charge is 2.30. The second kappa shape index (κ2) is 7.46. The van der Waals surface area contributed by atoms with Crippen molar-refractivity contribution < 1.29 is 0 Å². The van der Waals surface area contributed by atoms with Crippen molar-refractivity contribution in [3.63, 3.8) is 0 Å². The molecule has 1 saturated carbocycles. The second-order valence-corrected chi connectivity index (χ2v) is 8.86. The van der Waals surface area contributed by atoms with Crippen molar-refractivity contribution in [2.75, 3.05) is 50.5 Å². The molecular weight excluding hydrogens is 312 g/mol. The van der Waals surface area contributed by atoms with Crippen LogP contribution in [0.2, 0.25) is 0 Å². The zero-order valence-corrected chi connectivity index (χ0v) is 16.3. The molecule has 0 atom stereocenters. The fourth-order valence-corrected chi connectivity index (χ4v) is 3.96. The van der Waals surface area contributed by atoms with Gasteiger partial charge in [-0.3, -0.25) is 0 Å². The summed E-state index contributed by atoms with van der Waals surface area (Å²) >= 11 is 0. The molecule has 140 valence electrons. The van der Waals surface area contributed by atoms with E-state index in [0.717, 1.165) is 56.5 Å². The van der Waals surface area contributed by atoms with Crippen LogP contribution in [-0.2, 0) is 0 Å². The summed E-state index contributed by atoms with van der Waals surface area (Å²) in [7, 11) is 4.24. The van der Waals surface area contributed by atoms with Crippen molar-refractivity contribution in [1.82, 2.24) is 14.9 Å². The third-order valence-corrected chi connectivity index (χ3v) is 5.21. The van der Waals surface area contributed by atoms with E-state index in [1.807, 2.05) is 0 Å². The number of hydrogen-bond acceptors (Lipinski definition) is 6. The van der Waals surface area contributed by atoms with E-state index in [4.69, 9.17) is 15.7 Å². The van der Waals surface area contributed by atoms with Crippen LogP contribution in [0.5, 0.6) is 0 Å². The van der Waals surface area contributed by atoms with Crippen LogP contribution in [0.3, 0.4) is 0 Å². The number of anilines is 2. The maximum Gasteiger partial charge on any atom is 0.227 e. The summed E-state index contributed by atoms with van der Waals surface area (Å²) in [5.74, 6) is 2.34. The fraction of sp³-hybridized carbons (Fsp3) is 0.789. The lowest BCUT2D eigenvalue weighted by Crippen LogP contribution is -2.36. The lowest BCUT2D eigenvalue weighted by molar-refractivity contribution is 0.254. The molecule has 0 amide bonds. The Labute approximate surface area is 152 Å². The molecule has 1 saturated heterocycles. The van der Waals surface area contributed by atoms with Gasteiger partial charge in [0.05, 0.1) is 5.69 Å². The van der Waals surface area contributed by atoms with Crippen LogP contribution in [-0.4, -0.2) is 61.2 Å². The van der Waals surface area contributed by atoms with E-state index in [0.29, 0.717) is 12.0 Å². The smallest absolute Gasteiger partial charge is 0.227 e. The van der Waals surface area contributed by atoms with Gasteiger partial charge in [0, 0.05) is 44.2 Å². The third kappa shape index (κ3) is 4.82. The van der Waals surface area contributed by atoms with E-state index in [-0.39, 0.29) is 5.41 Å². The molecule has 1 aliphatic heterocycles. The highest BCUT2D eigenvalue weighted by molar-refractivity contribution is 5.45. The van der Waals surface area contributed by atoms with Crippen LogP contribution >= 0.6 is 0 Å². The van der Waals surface area contributed by atoms with Gasteiger partial charge in [-0.15, -0.1) is 0 Å². The third-order valence-electron chi connectivity index (χ3n) is 5.21. The van der Waals surface area contributed by atoms with Crippen molar-refractivity contribution in [2.24, 2.45) is 11.1 Å². The molecule has 0 spiro atoms. The van der Waals surface area contributed by atoms with E-state index in [2.05, 4.69) is 49.1 Å². The largest absolute Gasteiger partial charge is 0.369 e. The van der Waals surface area contributed by atoms with Gasteiger partial charge in [0.2, 0.25) is 5.95 Å². The maximum atomic E-state index is 5.99. The number of rotatable bonds is 7. The lowest BCUT2D eigenvalue weighted by Gasteiger charge is -2.33. The molecule has 1 aromatic heterocycles. The molecule has 2 fully saturated rings. The van der Waals surface area contributed by atoms with Crippen molar-refractivity contribution in [3.05, 3.63) is 11.8 Å². The topological polar surface area (TPSA) is 70.3 Å². The van der Waals surface area contributed by atoms with Crippen LogP contribution in [0, 0.1) is 5.41 Å². The monoisotopic (exact) mass is 346 g/mol. The summed E-state index contributed by atoms with van der Waals surface area (Å²) in [6.07, 6.45) is 4.56. The van der Waals surface area contributed by atoms with Crippen molar-refractivity contribution in [3.8, 4) is 0 Å². The standard InChI is InChI=1S/C19H34N6/c1-19(2,13-24(3)4)12-21-17-11-16(14-9-15(20)10-14)22-18(23-17)25-7-5-6-8-25/h11,14-15H,5-10,12-13,20H2,1-4H3,(H,21,22,23). The summed E-state index contributed by atoms with van der Waals surface area (Å²) in [4.78, 5) is 14.2. The Morgan fingerprint density at radius 1 is 1.24 bits per heavy atom. The summed E-state index contributed by atoms with van der Waals surface area (Å²) in [5.41, 5.74) is 7.33. The molecular formula is C19H34N6. The van der Waals surface area contributed by atoms with Gasteiger partial charge < -0.3 is 20.9 Å². The number of hydrogen-bond donors (Lipinski definition) is 2. The SMILES string of the molecule is CN(C)CC(C)(C)CNc1cc(C2CC(N)C2)nc(N2CCCC2)n1. The van der Waals surface area contributed by atoms with Gasteiger partial charge in [-0.05, 0) is 45.2 Å². The average molecular weight is 347 g/mol. The predicted octanol–water partition coefficient (Wildman–Crippen LogP) is 2.28. The van der Waals surface area contributed by atoms with Gasteiger partial charge in [0.1, 0.15) is 5.82 Å². The molecule has 1 aromatic rings. The first-order valence-corrected chi connectivity index (χ1v) is 9.60. The van der Waals surface area contributed by atoms with Gasteiger partial charge >= 0.3 is 0 Å². The van der Waals surface area contributed by atoms with Gasteiger partial charge in [-0.2, -0.15) is 4.98 Å². The van der Waals surface area contributed by atoms with Gasteiger partial charge in [-0.1, -0.05) is 13.8 Å². The fourth-order valence-electron chi connectivity index (χ4n) is 3.96. The van der Waals surface area contributed by atoms with Crippen LogP contribution in [0.25, 0.3) is 0 Å². The lowest BCUT2D eigenvalue weighted by atomic mass is 9.78. The van der Waals surface area contributed by atoms with Gasteiger partial charge in [-0.25, -0.2) is 4.98 Å². The van der Waals surface area contributed by atoms with E-state index in [1.54, 1.807) is 0 Å². The highest BCUT2D eigenvalue weighted by Crippen LogP contribution is 2.36. The minimum Gasteiger partial charge on any atom is -0.369 e. The van der Waals surface area contributed by atoms with E-state index >= 15 is 0 Å². The molecule has 1 aliphatic carbocycles. The Bertz CT molecular complexity index is 573. The van der Waals surface area contributed by atoms with Crippen LogP contribution < -0.4 is 16.0 Å².